The molecule has 0 spiro atoms. The Kier molecular flexibility index (Phi) is 3.59. The predicted octanol–water partition coefficient (Wildman–Crippen LogP) is 0.158. The third-order valence-electron chi connectivity index (χ3n) is 3.45. The standard InChI is InChI=1S/C11H20N2O2/c14-10(9-6-3-7-12-9)11(15)13-8-4-1-2-5-8/h8-10,12,14H,1-7H2,(H,13,15)/t9-,10?/m0/s1. The fourth-order valence-corrected chi connectivity index (χ4v) is 2.52. The van der Waals surface area contributed by atoms with Crippen molar-refractivity contribution >= 4 is 5.91 Å². The molecule has 2 fully saturated rings. The molecular formula is C11H20N2O2. The molecule has 2 atom stereocenters. The van der Waals surface area contributed by atoms with Gasteiger partial charge in [0.15, 0.2) is 0 Å². The Bertz CT molecular complexity index is 221. The summed E-state index contributed by atoms with van der Waals surface area (Å²) >= 11 is 0. The number of aliphatic hydroxyl groups excluding tert-OH is 1. The van der Waals surface area contributed by atoms with Crippen molar-refractivity contribution in [2.45, 2.75) is 56.7 Å². The SMILES string of the molecule is O=C(NC1CCCC1)C(O)[C@@H]1CCCN1. The van der Waals surface area contributed by atoms with Crippen LogP contribution in [-0.4, -0.2) is 35.7 Å². The van der Waals surface area contributed by atoms with Crippen LogP contribution < -0.4 is 10.6 Å². The minimum Gasteiger partial charge on any atom is -0.382 e. The second-order valence-electron chi connectivity index (χ2n) is 4.64. The van der Waals surface area contributed by atoms with Gasteiger partial charge in [-0.15, -0.1) is 0 Å². The van der Waals surface area contributed by atoms with Crippen LogP contribution in [0.25, 0.3) is 0 Å². The number of rotatable bonds is 3. The number of carbonyl (C=O) groups is 1. The first kappa shape index (κ1) is 10.9. The van der Waals surface area contributed by atoms with Crippen molar-refractivity contribution in [3.05, 3.63) is 0 Å². The van der Waals surface area contributed by atoms with E-state index in [1.807, 2.05) is 0 Å². The van der Waals surface area contributed by atoms with Crippen LogP contribution in [0.2, 0.25) is 0 Å². The van der Waals surface area contributed by atoms with Crippen LogP contribution in [0, 0.1) is 0 Å². The molecule has 0 aromatic heterocycles. The van der Waals surface area contributed by atoms with Crippen LogP contribution in [0.5, 0.6) is 0 Å². The van der Waals surface area contributed by atoms with Crippen LogP contribution in [-0.2, 0) is 4.79 Å². The molecule has 1 saturated heterocycles. The van der Waals surface area contributed by atoms with Crippen molar-refractivity contribution in [1.29, 1.82) is 0 Å². The number of hydrogen-bond acceptors (Lipinski definition) is 3. The summed E-state index contributed by atoms with van der Waals surface area (Å²) in [5, 5.41) is 15.9. The van der Waals surface area contributed by atoms with E-state index in [0.29, 0.717) is 6.04 Å². The average molecular weight is 212 g/mol. The normalized spacial score (nSPS) is 29.3. The van der Waals surface area contributed by atoms with Crippen molar-refractivity contribution in [3.8, 4) is 0 Å². The lowest BCUT2D eigenvalue weighted by Gasteiger charge is -2.20. The average Bonchev–Trinajstić information content (AvgIpc) is 2.88. The Morgan fingerprint density at radius 3 is 2.60 bits per heavy atom. The number of amides is 1. The number of nitrogens with one attached hydrogen (secondary N) is 2. The first-order valence-electron chi connectivity index (χ1n) is 5.99. The lowest BCUT2D eigenvalue weighted by Crippen LogP contribution is -2.48. The van der Waals surface area contributed by atoms with E-state index in [1.54, 1.807) is 0 Å². The summed E-state index contributed by atoms with van der Waals surface area (Å²) in [4.78, 5) is 11.7. The highest BCUT2D eigenvalue weighted by molar-refractivity contribution is 5.81. The second kappa shape index (κ2) is 4.94. The Labute approximate surface area is 90.4 Å². The van der Waals surface area contributed by atoms with Crippen LogP contribution in [0.1, 0.15) is 38.5 Å². The molecule has 0 aromatic carbocycles. The lowest BCUT2D eigenvalue weighted by atomic mass is 10.1. The van der Waals surface area contributed by atoms with E-state index in [-0.39, 0.29) is 11.9 Å². The van der Waals surface area contributed by atoms with E-state index in [9.17, 15) is 9.90 Å². The Hall–Kier alpha value is -0.610. The van der Waals surface area contributed by atoms with E-state index in [2.05, 4.69) is 10.6 Å². The van der Waals surface area contributed by atoms with Gasteiger partial charge in [0.05, 0.1) is 0 Å². The molecule has 1 unspecified atom stereocenters. The Morgan fingerprint density at radius 1 is 1.27 bits per heavy atom. The third kappa shape index (κ3) is 2.69. The van der Waals surface area contributed by atoms with Crippen LogP contribution in [0.3, 0.4) is 0 Å². The van der Waals surface area contributed by atoms with Crippen molar-refractivity contribution < 1.29 is 9.90 Å². The zero-order chi connectivity index (χ0) is 10.7. The smallest absolute Gasteiger partial charge is 0.250 e. The molecule has 2 rings (SSSR count). The van der Waals surface area contributed by atoms with Gasteiger partial charge >= 0.3 is 0 Å². The summed E-state index contributed by atoms with van der Waals surface area (Å²) in [5.41, 5.74) is 0. The van der Waals surface area contributed by atoms with Crippen LogP contribution in [0.15, 0.2) is 0 Å². The molecule has 0 bridgehead atoms. The maximum absolute atomic E-state index is 11.7. The van der Waals surface area contributed by atoms with Gasteiger partial charge in [-0.1, -0.05) is 12.8 Å². The minimum absolute atomic E-state index is 0.0357. The van der Waals surface area contributed by atoms with Gasteiger partial charge in [0.2, 0.25) is 0 Å². The number of aliphatic hydroxyl groups is 1. The molecule has 1 heterocycles. The number of hydrogen-bond donors (Lipinski definition) is 3. The zero-order valence-electron chi connectivity index (χ0n) is 9.04. The fourth-order valence-electron chi connectivity index (χ4n) is 2.52. The molecule has 0 radical (unpaired) electrons. The van der Waals surface area contributed by atoms with Gasteiger partial charge in [-0.3, -0.25) is 4.79 Å². The Balaban J connectivity index is 1.78. The predicted molar refractivity (Wildman–Crippen MR) is 57.4 cm³/mol. The lowest BCUT2D eigenvalue weighted by molar-refractivity contribution is -0.131. The molecule has 4 nitrogen and oxygen atoms in total. The van der Waals surface area contributed by atoms with Gasteiger partial charge in [-0.05, 0) is 32.2 Å². The highest BCUT2D eigenvalue weighted by atomic mass is 16.3. The first-order chi connectivity index (χ1) is 7.27. The van der Waals surface area contributed by atoms with Crippen molar-refractivity contribution in [3.63, 3.8) is 0 Å². The van der Waals surface area contributed by atoms with Crippen molar-refractivity contribution in [2.75, 3.05) is 6.54 Å². The molecular weight excluding hydrogens is 192 g/mol. The topological polar surface area (TPSA) is 61.4 Å². The summed E-state index contributed by atoms with van der Waals surface area (Å²) in [7, 11) is 0. The quantitative estimate of drug-likeness (QED) is 0.624. The molecule has 4 heteroatoms. The highest BCUT2D eigenvalue weighted by Crippen LogP contribution is 2.18. The van der Waals surface area contributed by atoms with Crippen LogP contribution in [0.4, 0.5) is 0 Å². The zero-order valence-corrected chi connectivity index (χ0v) is 9.04. The van der Waals surface area contributed by atoms with Gasteiger partial charge in [0.1, 0.15) is 6.10 Å². The van der Waals surface area contributed by atoms with Gasteiger partial charge < -0.3 is 15.7 Å². The maximum Gasteiger partial charge on any atom is 0.250 e. The third-order valence-corrected chi connectivity index (χ3v) is 3.45. The monoisotopic (exact) mass is 212 g/mol. The molecule has 0 aromatic rings. The maximum atomic E-state index is 11.7. The van der Waals surface area contributed by atoms with Crippen molar-refractivity contribution in [2.24, 2.45) is 0 Å². The minimum atomic E-state index is -0.868. The summed E-state index contributed by atoms with van der Waals surface area (Å²) in [6.07, 6.45) is 5.61. The van der Waals surface area contributed by atoms with Gasteiger partial charge in [-0.25, -0.2) is 0 Å². The molecule has 1 amide bonds. The van der Waals surface area contributed by atoms with E-state index in [4.69, 9.17) is 0 Å². The molecule has 86 valence electrons. The van der Waals surface area contributed by atoms with Gasteiger partial charge in [0.25, 0.3) is 5.91 Å². The van der Waals surface area contributed by atoms with Crippen LogP contribution >= 0.6 is 0 Å². The summed E-state index contributed by atoms with van der Waals surface area (Å²) < 4.78 is 0. The molecule has 1 aliphatic heterocycles. The van der Waals surface area contributed by atoms with Gasteiger partial charge in [-0.2, -0.15) is 0 Å². The molecule has 1 saturated carbocycles. The van der Waals surface area contributed by atoms with Gasteiger partial charge in [0, 0.05) is 12.1 Å². The van der Waals surface area contributed by atoms with E-state index >= 15 is 0 Å². The first-order valence-corrected chi connectivity index (χ1v) is 5.99. The fraction of sp³-hybridized carbons (Fsp3) is 0.909. The van der Waals surface area contributed by atoms with Crippen molar-refractivity contribution in [1.82, 2.24) is 10.6 Å². The molecule has 2 aliphatic rings. The summed E-state index contributed by atoms with van der Waals surface area (Å²) in [5.74, 6) is -0.193. The Morgan fingerprint density at radius 2 is 2.00 bits per heavy atom. The highest BCUT2D eigenvalue weighted by Gasteiger charge is 2.29. The molecule has 3 N–H and O–H groups in total. The van der Waals surface area contributed by atoms with E-state index in [0.717, 1.165) is 32.2 Å². The second-order valence-corrected chi connectivity index (χ2v) is 4.64. The van der Waals surface area contributed by atoms with E-state index in [1.165, 1.54) is 12.8 Å². The van der Waals surface area contributed by atoms with E-state index < -0.39 is 6.10 Å². The molecule has 15 heavy (non-hydrogen) atoms. The summed E-state index contributed by atoms with van der Waals surface area (Å²) in [6, 6.07) is 0.264. The summed E-state index contributed by atoms with van der Waals surface area (Å²) in [6.45, 7) is 0.915. The molecule has 1 aliphatic carbocycles. The number of carbonyl (C=O) groups excluding carboxylic acids is 1. The largest absolute Gasteiger partial charge is 0.382 e.